The van der Waals surface area contributed by atoms with Crippen LogP contribution in [0.5, 0.6) is 0 Å². The van der Waals surface area contributed by atoms with Crippen LogP contribution in [0.2, 0.25) is 0 Å². The molecule has 0 bridgehead atoms. The molecule has 3 N–H and O–H groups in total. The third-order valence-electron chi connectivity index (χ3n) is 13.7. The number of aliphatic hydroxyl groups is 2. The lowest BCUT2D eigenvalue weighted by Crippen LogP contribution is -2.45. The summed E-state index contributed by atoms with van der Waals surface area (Å²) in [6.45, 7) is 4.90. The number of hydrogen-bond donors (Lipinski definition) is 3. The van der Waals surface area contributed by atoms with Crippen LogP contribution in [0.1, 0.15) is 322 Å². The Bertz CT molecular complexity index is 1030. The van der Waals surface area contributed by atoms with Crippen LogP contribution in [0, 0.1) is 0 Å². The van der Waals surface area contributed by atoms with E-state index in [2.05, 4.69) is 43.5 Å². The molecule has 2 unspecified atom stereocenters. The van der Waals surface area contributed by atoms with Crippen molar-refractivity contribution in [2.45, 2.75) is 334 Å². The molecule has 66 heavy (non-hydrogen) atoms. The van der Waals surface area contributed by atoms with Crippen LogP contribution in [0.15, 0.2) is 24.3 Å². The van der Waals surface area contributed by atoms with Crippen molar-refractivity contribution in [3.8, 4) is 0 Å². The molecular weight excluding hydrogens is 815 g/mol. The van der Waals surface area contributed by atoms with Crippen molar-refractivity contribution < 1.29 is 24.5 Å². The number of nitrogens with one attached hydrogen (secondary N) is 1. The summed E-state index contributed by atoms with van der Waals surface area (Å²) in [5.41, 5.74) is 0. The summed E-state index contributed by atoms with van der Waals surface area (Å²) in [7, 11) is 0. The lowest BCUT2D eigenvalue weighted by Gasteiger charge is -2.22. The number of carbonyl (C=O) groups is 2. The Kier molecular flexibility index (Phi) is 54.5. The highest BCUT2D eigenvalue weighted by atomic mass is 16.5. The number of allylic oxidation sites excluding steroid dienone is 4. The van der Waals surface area contributed by atoms with Crippen LogP contribution in [0.3, 0.4) is 0 Å². The molecule has 0 heterocycles. The summed E-state index contributed by atoms with van der Waals surface area (Å²) in [6.07, 6.45) is 67.4. The van der Waals surface area contributed by atoms with Gasteiger partial charge in [0.25, 0.3) is 0 Å². The first kappa shape index (κ1) is 64.3. The second kappa shape index (κ2) is 55.9. The largest absolute Gasteiger partial charge is 0.466 e. The highest BCUT2D eigenvalue weighted by Crippen LogP contribution is 2.17. The Hall–Kier alpha value is -1.66. The first-order valence-electron chi connectivity index (χ1n) is 29.6. The number of carbonyl (C=O) groups excluding carboxylic acids is 2. The Balaban J connectivity index is 3.49. The predicted octanol–water partition coefficient (Wildman–Crippen LogP) is 18.2. The zero-order valence-corrected chi connectivity index (χ0v) is 44.4. The summed E-state index contributed by atoms with van der Waals surface area (Å²) in [5.74, 6) is -0.0887. The number of unbranched alkanes of at least 4 members (excludes halogenated alkanes) is 40. The molecule has 0 aromatic rings. The van der Waals surface area contributed by atoms with Gasteiger partial charge in [-0.05, 0) is 83.5 Å². The summed E-state index contributed by atoms with van der Waals surface area (Å²) in [5, 5.41) is 23.3. The van der Waals surface area contributed by atoms with E-state index in [1.54, 1.807) is 0 Å². The van der Waals surface area contributed by atoms with Gasteiger partial charge in [0.15, 0.2) is 0 Å². The minimum Gasteiger partial charge on any atom is -0.466 e. The van der Waals surface area contributed by atoms with Crippen LogP contribution >= 0.6 is 0 Å². The maximum atomic E-state index is 12.5. The van der Waals surface area contributed by atoms with Crippen molar-refractivity contribution in [3.63, 3.8) is 0 Å². The molecule has 390 valence electrons. The lowest BCUT2D eigenvalue weighted by atomic mass is 10.0. The third kappa shape index (κ3) is 51.7. The van der Waals surface area contributed by atoms with Crippen molar-refractivity contribution in [2.24, 2.45) is 0 Å². The molecule has 0 aliphatic rings. The fraction of sp³-hybridized carbons (Fsp3) is 0.900. The fourth-order valence-electron chi connectivity index (χ4n) is 9.16. The molecule has 6 nitrogen and oxygen atoms in total. The SMILES string of the molecule is CCCCCCC/C=C\CCCCCCCC(=O)OCCCCC/C=C\CCCCCCCC(=O)NC(CO)C(O)CCCCCCCCCCCCCCCCCCCCCCCCC. The van der Waals surface area contributed by atoms with Crippen LogP contribution in [0.25, 0.3) is 0 Å². The van der Waals surface area contributed by atoms with E-state index in [0.717, 1.165) is 77.0 Å². The second-order valence-electron chi connectivity index (χ2n) is 20.3. The van der Waals surface area contributed by atoms with E-state index in [0.29, 0.717) is 25.9 Å². The maximum Gasteiger partial charge on any atom is 0.305 e. The molecule has 0 aromatic heterocycles. The third-order valence-corrected chi connectivity index (χ3v) is 13.7. The van der Waals surface area contributed by atoms with Gasteiger partial charge in [0.1, 0.15) is 0 Å². The average Bonchev–Trinajstić information content (AvgIpc) is 3.32. The monoisotopic (exact) mass is 930 g/mol. The Morgan fingerprint density at radius 1 is 0.409 bits per heavy atom. The van der Waals surface area contributed by atoms with Crippen molar-refractivity contribution >= 4 is 11.9 Å². The van der Waals surface area contributed by atoms with Crippen LogP contribution in [-0.4, -0.2) is 47.4 Å². The molecule has 6 heteroatoms. The number of hydrogen-bond acceptors (Lipinski definition) is 5. The van der Waals surface area contributed by atoms with Gasteiger partial charge in [-0.25, -0.2) is 0 Å². The van der Waals surface area contributed by atoms with Gasteiger partial charge in [-0.3, -0.25) is 9.59 Å². The van der Waals surface area contributed by atoms with E-state index >= 15 is 0 Å². The minimum absolute atomic E-state index is 0.0305. The van der Waals surface area contributed by atoms with Gasteiger partial charge >= 0.3 is 5.97 Å². The lowest BCUT2D eigenvalue weighted by molar-refractivity contribution is -0.143. The number of rotatable bonds is 55. The second-order valence-corrected chi connectivity index (χ2v) is 20.3. The summed E-state index contributed by atoms with van der Waals surface area (Å²) >= 11 is 0. The number of amides is 1. The first-order chi connectivity index (χ1) is 32.5. The van der Waals surface area contributed by atoms with Gasteiger partial charge in [0.05, 0.1) is 25.4 Å². The molecule has 0 saturated carbocycles. The molecule has 0 fully saturated rings. The smallest absolute Gasteiger partial charge is 0.305 e. The van der Waals surface area contributed by atoms with Crippen molar-refractivity contribution in [2.75, 3.05) is 13.2 Å². The van der Waals surface area contributed by atoms with Crippen molar-refractivity contribution in [1.29, 1.82) is 0 Å². The normalized spacial score (nSPS) is 12.7. The number of aliphatic hydroxyl groups excluding tert-OH is 2. The molecule has 2 atom stereocenters. The Labute approximate surface area is 411 Å². The minimum atomic E-state index is -0.682. The fourth-order valence-corrected chi connectivity index (χ4v) is 9.16. The van der Waals surface area contributed by atoms with E-state index in [9.17, 15) is 19.8 Å². The zero-order chi connectivity index (χ0) is 47.9. The van der Waals surface area contributed by atoms with E-state index in [1.807, 2.05) is 0 Å². The molecule has 0 spiro atoms. The summed E-state index contributed by atoms with van der Waals surface area (Å²) < 4.78 is 5.45. The van der Waals surface area contributed by atoms with E-state index in [4.69, 9.17) is 4.74 Å². The topological polar surface area (TPSA) is 95.9 Å². The van der Waals surface area contributed by atoms with Crippen LogP contribution < -0.4 is 5.32 Å². The molecule has 0 aliphatic carbocycles. The standard InChI is InChI=1S/C60H115NO5/c1-3-5-7-9-11-13-15-17-19-20-21-22-23-24-25-26-27-28-32-36-40-44-48-52-58(63)57(56-62)61-59(64)53-49-45-41-37-33-30-31-35-39-43-47-51-55-66-60(65)54-50-46-42-38-34-29-18-16-14-12-10-8-6-4-2/h16,18,31,35,57-58,62-63H,3-15,17,19-30,32-34,36-56H2,1-2H3,(H,61,64)/b18-16-,35-31-. The molecule has 1 amide bonds. The molecular formula is C60H115NO5. The Morgan fingerprint density at radius 2 is 0.712 bits per heavy atom. The molecule has 0 aliphatic heterocycles. The van der Waals surface area contributed by atoms with Crippen molar-refractivity contribution in [1.82, 2.24) is 5.32 Å². The predicted molar refractivity (Wildman–Crippen MR) is 287 cm³/mol. The van der Waals surface area contributed by atoms with E-state index in [1.165, 1.54) is 212 Å². The van der Waals surface area contributed by atoms with E-state index < -0.39 is 12.1 Å². The van der Waals surface area contributed by atoms with Crippen LogP contribution in [0.4, 0.5) is 0 Å². The van der Waals surface area contributed by atoms with Crippen LogP contribution in [-0.2, 0) is 14.3 Å². The van der Waals surface area contributed by atoms with Gasteiger partial charge in [-0.15, -0.1) is 0 Å². The quantitative estimate of drug-likeness (QED) is 0.0321. The molecule has 0 rings (SSSR count). The highest BCUT2D eigenvalue weighted by molar-refractivity contribution is 5.76. The summed E-state index contributed by atoms with van der Waals surface area (Å²) in [4.78, 5) is 24.5. The van der Waals surface area contributed by atoms with Gasteiger partial charge in [-0.1, -0.05) is 250 Å². The summed E-state index contributed by atoms with van der Waals surface area (Å²) in [6, 6.07) is -0.561. The Morgan fingerprint density at radius 3 is 1.08 bits per heavy atom. The van der Waals surface area contributed by atoms with Gasteiger partial charge in [-0.2, -0.15) is 0 Å². The van der Waals surface area contributed by atoms with Crippen molar-refractivity contribution in [3.05, 3.63) is 24.3 Å². The number of ether oxygens (including phenoxy) is 1. The van der Waals surface area contributed by atoms with Gasteiger partial charge < -0.3 is 20.3 Å². The van der Waals surface area contributed by atoms with Gasteiger partial charge in [0.2, 0.25) is 5.91 Å². The molecule has 0 saturated heterocycles. The number of esters is 1. The highest BCUT2D eigenvalue weighted by Gasteiger charge is 2.20. The molecule has 0 radical (unpaired) electrons. The zero-order valence-electron chi connectivity index (χ0n) is 44.4. The van der Waals surface area contributed by atoms with E-state index in [-0.39, 0.29) is 18.5 Å². The van der Waals surface area contributed by atoms with Gasteiger partial charge in [0, 0.05) is 12.8 Å². The first-order valence-corrected chi connectivity index (χ1v) is 29.6. The maximum absolute atomic E-state index is 12.5. The molecule has 0 aromatic carbocycles. The average molecular weight is 931 g/mol.